The molecule has 0 aliphatic carbocycles. The quantitative estimate of drug-likeness (QED) is 0.763. The van der Waals surface area contributed by atoms with Crippen LogP contribution >= 0.6 is 0 Å². The van der Waals surface area contributed by atoms with Gasteiger partial charge in [-0.15, -0.1) is 0 Å². The van der Waals surface area contributed by atoms with Gasteiger partial charge < -0.3 is 19.1 Å². The summed E-state index contributed by atoms with van der Waals surface area (Å²) in [6, 6.07) is 3.89. The molecule has 8 heteroatoms. The molecule has 1 fully saturated rings. The SMILES string of the molecule is CC(C)Oc1cc(CCC(=O)N2CCC[C@@H]2c2cc(CN(C)C)[nH]n2)on1. The highest BCUT2D eigenvalue weighted by Crippen LogP contribution is 2.32. The molecule has 1 aliphatic heterocycles. The number of likely N-dealkylation sites (tertiary alicyclic amines) is 1. The first-order chi connectivity index (χ1) is 12.9. The van der Waals surface area contributed by atoms with Gasteiger partial charge in [0, 0.05) is 37.7 Å². The van der Waals surface area contributed by atoms with Crippen LogP contribution in [-0.4, -0.2) is 57.8 Å². The van der Waals surface area contributed by atoms with E-state index in [2.05, 4.69) is 26.3 Å². The first-order valence-electron chi connectivity index (χ1n) is 9.53. The number of carbonyl (C=O) groups is 1. The first kappa shape index (κ1) is 19.4. The fourth-order valence-electron chi connectivity index (χ4n) is 3.43. The van der Waals surface area contributed by atoms with E-state index in [1.807, 2.05) is 32.8 Å². The number of aromatic amines is 1. The van der Waals surface area contributed by atoms with Crippen molar-refractivity contribution in [1.82, 2.24) is 25.2 Å². The van der Waals surface area contributed by atoms with E-state index in [1.165, 1.54) is 0 Å². The van der Waals surface area contributed by atoms with E-state index in [-0.39, 0.29) is 18.1 Å². The molecule has 0 unspecified atom stereocenters. The van der Waals surface area contributed by atoms with Crippen molar-refractivity contribution in [2.45, 2.75) is 58.2 Å². The maximum absolute atomic E-state index is 12.8. The summed E-state index contributed by atoms with van der Waals surface area (Å²) >= 11 is 0. The second-order valence-corrected chi connectivity index (χ2v) is 7.60. The summed E-state index contributed by atoms with van der Waals surface area (Å²) < 4.78 is 10.8. The molecule has 0 aromatic carbocycles. The highest BCUT2D eigenvalue weighted by molar-refractivity contribution is 5.77. The van der Waals surface area contributed by atoms with Crippen molar-refractivity contribution in [3.05, 3.63) is 29.3 Å². The summed E-state index contributed by atoms with van der Waals surface area (Å²) in [5.41, 5.74) is 2.01. The number of hydrogen-bond acceptors (Lipinski definition) is 6. The summed E-state index contributed by atoms with van der Waals surface area (Å²) in [6.07, 6.45) is 2.90. The summed E-state index contributed by atoms with van der Waals surface area (Å²) in [4.78, 5) is 16.8. The number of aromatic nitrogens is 3. The van der Waals surface area contributed by atoms with Gasteiger partial charge in [0.15, 0.2) is 0 Å². The minimum atomic E-state index is 0.0428. The Morgan fingerprint density at radius 3 is 3.00 bits per heavy atom. The molecule has 2 aromatic heterocycles. The number of ether oxygens (including phenoxy) is 1. The average Bonchev–Trinajstić information content (AvgIpc) is 3.31. The van der Waals surface area contributed by atoms with Crippen molar-refractivity contribution in [3.8, 4) is 5.88 Å². The second kappa shape index (κ2) is 8.56. The number of rotatable bonds is 8. The van der Waals surface area contributed by atoms with Crippen LogP contribution in [0, 0.1) is 0 Å². The average molecular weight is 375 g/mol. The minimum Gasteiger partial charge on any atom is -0.473 e. The monoisotopic (exact) mass is 375 g/mol. The zero-order chi connectivity index (χ0) is 19.4. The molecule has 2 aromatic rings. The number of H-pyrrole nitrogens is 1. The highest BCUT2D eigenvalue weighted by Gasteiger charge is 2.31. The molecule has 3 rings (SSSR count). The Morgan fingerprint density at radius 1 is 1.44 bits per heavy atom. The molecule has 0 radical (unpaired) electrons. The molecule has 148 valence electrons. The van der Waals surface area contributed by atoms with Crippen LogP contribution in [0.4, 0.5) is 0 Å². The van der Waals surface area contributed by atoms with Crippen molar-refractivity contribution in [1.29, 1.82) is 0 Å². The van der Waals surface area contributed by atoms with Crippen molar-refractivity contribution in [3.63, 3.8) is 0 Å². The largest absolute Gasteiger partial charge is 0.473 e. The van der Waals surface area contributed by atoms with E-state index in [0.29, 0.717) is 24.5 Å². The first-order valence-corrected chi connectivity index (χ1v) is 9.53. The Morgan fingerprint density at radius 2 is 2.26 bits per heavy atom. The van der Waals surface area contributed by atoms with Gasteiger partial charge in [0.05, 0.1) is 17.8 Å². The van der Waals surface area contributed by atoms with Crippen LogP contribution in [-0.2, 0) is 17.8 Å². The highest BCUT2D eigenvalue weighted by atomic mass is 16.5. The van der Waals surface area contributed by atoms with Crippen LogP contribution in [0.25, 0.3) is 0 Å². The van der Waals surface area contributed by atoms with E-state index in [0.717, 1.165) is 37.3 Å². The standard InChI is InChI=1S/C19H29N5O3/c1-13(2)26-18-11-15(27-22-18)7-8-19(25)24-9-5-6-17(24)16-10-14(20-21-16)12-23(3)4/h10-11,13,17H,5-9,12H2,1-4H3,(H,20,21)/t17-/m1/s1. The molecule has 3 heterocycles. The number of nitrogens with zero attached hydrogens (tertiary/aromatic N) is 4. The van der Waals surface area contributed by atoms with Gasteiger partial charge in [-0.2, -0.15) is 5.10 Å². The van der Waals surface area contributed by atoms with Crippen LogP contribution in [0.15, 0.2) is 16.7 Å². The molecular weight excluding hydrogens is 346 g/mol. The Kier molecular flexibility index (Phi) is 6.15. The molecule has 0 bridgehead atoms. The maximum Gasteiger partial charge on any atom is 0.254 e. The van der Waals surface area contributed by atoms with Crippen molar-refractivity contribution in [2.24, 2.45) is 0 Å². The van der Waals surface area contributed by atoms with Crippen molar-refractivity contribution >= 4 is 5.91 Å². The van der Waals surface area contributed by atoms with E-state index in [4.69, 9.17) is 9.26 Å². The van der Waals surface area contributed by atoms with Crippen LogP contribution in [0.5, 0.6) is 5.88 Å². The van der Waals surface area contributed by atoms with Gasteiger partial charge in [-0.1, -0.05) is 0 Å². The molecule has 1 N–H and O–H groups in total. The van der Waals surface area contributed by atoms with Crippen LogP contribution in [0.1, 0.15) is 56.3 Å². The van der Waals surface area contributed by atoms with Crippen molar-refractivity contribution in [2.75, 3.05) is 20.6 Å². The fraction of sp³-hybridized carbons (Fsp3) is 0.632. The number of aryl methyl sites for hydroxylation is 1. The molecule has 8 nitrogen and oxygen atoms in total. The Bertz CT molecular complexity index is 752. The topological polar surface area (TPSA) is 87.5 Å². The van der Waals surface area contributed by atoms with Crippen LogP contribution < -0.4 is 4.74 Å². The smallest absolute Gasteiger partial charge is 0.254 e. The third kappa shape index (κ3) is 5.09. The predicted octanol–water partition coefficient (Wildman–Crippen LogP) is 2.54. The molecular formula is C19H29N5O3. The Balaban J connectivity index is 1.57. The lowest BCUT2D eigenvalue weighted by molar-refractivity contribution is -0.132. The molecule has 27 heavy (non-hydrogen) atoms. The lowest BCUT2D eigenvalue weighted by Crippen LogP contribution is -2.30. The predicted molar refractivity (Wildman–Crippen MR) is 100 cm³/mol. The minimum absolute atomic E-state index is 0.0428. The molecule has 1 saturated heterocycles. The number of hydrogen-bond donors (Lipinski definition) is 1. The van der Waals surface area contributed by atoms with Gasteiger partial charge in [0.25, 0.3) is 5.88 Å². The summed E-state index contributed by atoms with van der Waals surface area (Å²) in [7, 11) is 4.04. The second-order valence-electron chi connectivity index (χ2n) is 7.60. The summed E-state index contributed by atoms with van der Waals surface area (Å²) in [5, 5.41) is 11.4. The zero-order valence-corrected chi connectivity index (χ0v) is 16.6. The molecule has 1 amide bonds. The van der Waals surface area contributed by atoms with Gasteiger partial charge in [-0.25, -0.2) is 0 Å². The molecule has 0 spiro atoms. The third-order valence-electron chi connectivity index (χ3n) is 4.53. The lowest BCUT2D eigenvalue weighted by Gasteiger charge is -2.23. The van der Waals surface area contributed by atoms with E-state index in [1.54, 1.807) is 6.07 Å². The molecule has 0 saturated carbocycles. The number of nitrogens with one attached hydrogen (secondary N) is 1. The van der Waals surface area contributed by atoms with Crippen LogP contribution in [0.2, 0.25) is 0 Å². The Labute approximate surface area is 159 Å². The van der Waals surface area contributed by atoms with Gasteiger partial charge in [-0.3, -0.25) is 9.89 Å². The number of amides is 1. The van der Waals surface area contributed by atoms with Gasteiger partial charge in [-0.05, 0) is 52.0 Å². The van der Waals surface area contributed by atoms with Gasteiger partial charge >= 0.3 is 0 Å². The fourth-order valence-corrected chi connectivity index (χ4v) is 3.43. The van der Waals surface area contributed by atoms with Gasteiger partial charge in [0.2, 0.25) is 5.91 Å². The lowest BCUT2D eigenvalue weighted by atomic mass is 10.1. The Hall–Kier alpha value is -2.35. The maximum atomic E-state index is 12.8. The molecule has 1 aliphatic rings. The van der Waals surface area contributed by atoms with Crippen molar-refractivity contribution < 1.29 is 14.1 Å². The molecule has 1 atom stereocenters. The zero-order valence-electron chi connectivity index (χ0n) is 16.6. The summed E-state index contributed by atoms with van der Waals surface area (Å²) in [5.74, 6) is 1.26. The summed E-state index contributed by atoms with van der Waals surface area (Å²) in [6.45, 7) is 5.45. The normalized spacial score (nSPS) is 17.3. The van der Waals surface area contributed by atoms with E-state index in [9.17, 15) is 4.79 Å². The third-order valence-corrected chi connectivity index (χ3v) is 4.53. The number of carbonyl (C=O) groups excluding carboxylic acids is 1. The van der Waals surface area contributed by atoms with Crippen LogP contribution in [0.3, 0.4) is 0 Å². The van der Waals surface area contributed by atoms with E-state index >= 15 is 0 Å². The van der Waals surface area contributed by atoms with Gasteiger partial charge in [0.1, 0.15) is 5.76 Å². The van der Waals surface area contributed by atoms with E-state index < -0.39 is 0 Å².